The molecule has 3 nitrogen and oxygen atoms in total. The summed E-state index contributed by atoms with van der Waals surface area (Å²) in [5.41, 5.74) is 1.31. The lowest BCUT2D eigenvalue weighted by Gasteiger charge is -2.27. The Labute approximate surface area is 163 Å². The Morgan fingerprint density at radius 3 is 2.67 bits per heavy atom. The smallest absolute Gasteiger partial charge is 0.248 e. The zero-order chi connectivity index (χ0) is 19.0. The number of rotatable bonds is 6. The molecule has 2 unspecified atom stereocenters. The van der Waals surface area contributed by atoms with Gasteiger partial charge in [-0.25, -0.2) is 8.78 Å². The van der Waals surface area contributed by atoms with Crippen LogP contribution in [0.4, 0.5) is 8.78 Å². The van der Waals surface area contributed by atoms with Gasteiger partial charge < -0.3 is 10.1 Å². The molecule has 6 heteroatoms. The van der Waals surface area contributed by atoms with Gasteiger partial charge in [0.1, 0.15) is 0 Å². The predicted molar refractivity (Wildman–Crippen MR) is 103 cm³/mol. The van der Waals surface area contributed by atoms with E-state index in [9.17, 15) is 13.6 Å². The fourth-order valence-electron chi connectivity index (χ4n) is 4.56. The van der Waals surface area contributed by atoms with Gasteiger partial charge in [-0.3, -0.25) is 4.79 Å². The van der Waals surface area contributed by atoms with Crippen LogP contribution in [0.5, 0.6) is 0 Å². The number of carbonyl (C=O) groups is 1. The van der Waals surface area contributed by atoms with Crippen molar-refractivity contribution < 1.29 is 18.3 Å². The van der Waals surface area contributed by atoms with Crippen molar-refractivity contribution in [2.45, 2.75) is 82.2 Å². The average Bonchev–Trinajstić information content (AvgIpc) is 3.28. The Bertz CT molecular complexity index is 674. The van der Waals surface area contributed by atoms with E-state index in [4.69, 9.17) is 4.74 Å². The molecule has 4 rings (SSSR count). The minimum absolute atomic E-state index is 0.0682. The minimum atomic E-state index is -2.52. The van der Waals surface area contributed by atoms with Gasteiger partial charge in [0.2, 0.25) is 5.92 Å². The molecule has 0 spiro atoms. The van der Waals surface area contributed by atoms with E-state index in [0.717, 1.165) is 37.4 Å². The van der Waals surface area contributed by atoms with Crippen LogP contribution in [-0.2, 0) is 4.74 Å². The van der Waals surface area contributed by atoms with Crippen molar-refractivity contribution in [2.24, 2.45) is 5.92 Å². The number of alkyl halides is 2. The molecule has 150 valence electrons. The fraction of sp³-hybridized carbons (Fsp3) is 0.762. The summed E-state index contributed by atoms with van der Waals surface area (Å²) in [4.78, 5) is 14.7. The molecule has 27 heavy (non-hydrogen) atoms. The monoisotopic (exact) mass is 397 g/mol. The van der Waals surface area contributed by atoms with Crippen LogP contribution in [0.15, 0.2) is 6.07 Å². The summed E-state index contributed by atoms with van der Waals surface area (Å²) in [7, 11) is 0. The highest BCUT2D eigenvalue weighted by molar-refractivity contribution is 7.14. The molecule has 2 saturated carbocycles. The van der Waals surface area contributed by atoms with Gasteiger partial charge in [-0.1, -0.05) is 0 Å². The second kappa shape index (κ2) is 7.88. The zero-order valence-corrected chi connectivity index (χ0v) is 16.8. The van der Waals surface area contributed by atoms with Crippen molar-refractivity contribution >= 4 is 17.1 Å². The summed E-state index contributed by atoms with van der Waals surface area (Å²) in [5, 5.41) is 3.75. The quantitative estimate of drug-likeness (QED) is 0.681. The van der Waals surface area contributed by atoms with Crippen LogP contribution < -0.4 is 5.32 Å². The Morgan fingerprint density at radius 2 is 1.96 bits per heavy atom. The summed E-state index contributed by atoms with van der Waals surface area (Å²) >= 11 is 1.58. The molecule has 3 aliphatic rings. The van der Waals surface area contributed by atoms with Gasteiger partial charge in [0.15, 0.2) is 5.78 Å². The number of ether oxygens (including phenoxy) is 1. The SMILES string of the molecule is Cc1sc(C(=O)CC2CCC(F)(F)CC2)cc1C1CC1NC1CCOCC1. The van der Waals surface area contributed by atoms with Crippen LogP contribution >= 0.6 is 11.3 Å². The first-order valence-electron chi connectivity index (χ1n) is 10.3. The third-order valence-electron chi connectivity index (χ3n) is 6.40. The van der Waals surface area contributed by atoms with Gasteiger partial charge >= 0.3 is 0 Å². The van der Waals surface area contributed by atoms with Crippen LogP contribution in [0, 0.1) is 12.8 Å². The topological polar surface area (TPSA) is 38.3 Å². The number of nitrogens with one attached hydrogen (secondary N) is 1. The number of ketones is 1. The minimum Gasteiger partial charge on any atom is -0.381 e. The first-order chi connectivity index (χ1) is 12.9. The molecule has 1 N–H and O–H groups in total. The molecule has 1 aliphatic heterocycles. The van der Waals surface area contributed by atoms with Crippen molar-refractivity contribution in [1.29, 1.82) is 0 Å². The lowest BCUT2D eigenvalue weighted by molar-refractivity contribution is -0.0458. The van der Waals surface area contributed by atoms with E-state index in [1.165, 1.54) is 10.4 Å². The average molecular weight is 398 g/mol. The van der Waals surface area contributed by atoms with Gasteiger partial charge in [0, 0.05) is 55.4 Å². The Balaban J connectivity index is 1.31. The van der Waals surface area contributed by atoms with Gasteiger partial charge in [0.05, 0.1) is 4.88 Å². The Hall–Kier alpha value is -0.850. The molecular weight excluding hydrogens is 368 g/mol. The van der Waals surface area contributed by atoms with Gasteiger partial charge in [-0.05, 0) is 56.6 Å². The normalized spacial score (nSPS) is 29.0. The molecule has 1 saturated heterocycles. The maximum Gasteiger partial charge on any atom is 0.248 e. The first-order valence-corrected chi connectivity index (χ1v) is 11.1. The Morgan fingerprint density at radius 1 is 1.26 bits per heavy atom. The second-order valence-corrected chi connectivity index (χ2v) is 9.81. The van der Waals surface area contributed by atoms with Crippen molar-refractivity contribution in [1.82, 2.24) is 5.32 Å². The number of aryl methyl sites for hydroxylation is 1. The zero-order valence-electron chi connectivity index (χ0n) is 15.9. The summed E-state index contributed by atoms with van der Waals surface area (Å²) < 4.78 is 32.0. The molecule has 2 atom stereocenters. The van der Waals surface area contributed by atoms with Crippen molar-refractivity contribution in [3.05, 3.63) is 21.4 Å². The van der Waals surface area contributed by atoms with Crippen LogP contribution in [0.1, 0.15) is 77.4 Å². The molecule has 0 aromatic carbocycles. The largest absolute Gasteiger partial charge is 0.381 e. The van der Waals surface area contributed by atoms with E-state index in [1.54, 1.807) is 11.3 Å². The molecular formula is C21H29F2NO2S. The number of carbonyl (C=O) groups excluding carboxylic acids is 1. The lowest BCUT2D eigenvalue weighted by atomic mass is 9.83. The van der Waals surface area contributed by atoms with Crippen LogP contribution in [0.3, 0.4) is 0 Å². The second-order valence-electron chi connectivity index (χ2n) is 8.55. The fourth-order valence-corrected chi connectivity index (χ4v) is 5.60. The van der Waals surface area contributed by atoms with E-state index in [1.807, 2.05) is 0 Å². The first kappa shape index (κ1) is 19.5. The highest BCUT2D eigenvalue weighted by Gasteiger charge is 2.41. The predicted octanol–water partition coefficient (Wildman–Crippen LogP) is 5.08. The molecule has 0 amide bonds. The van der Waals surface area contributed by atoms with Gasteiger partial charge in [0.25, 0.3) is 0 Å². The maximum absolute atomic E-state index is 13.3. The van der Waals surface area contributed by atoms with E-state index < -0.39 is 5.92 Å². The summed E-state index contributed by atoms with van der Waals surface area (Å²) in [5.74, 6) is -1.75. The van der Waals surface area contributed by atoms with E-state index in [-0.39, 0.29) is 24.5 Å². The molecule has 0 radical (unpaired) electrons. The van der Waals surface area contributed by atoms with E-state index in [0.29, 0.717) is 37.3 Å². The molecule has 0 bridgehead atoms. The van der Waals surface area contributed by atoms with Crippen LogP contribution in [0.2, 0.25) is 0 Å². The van der Waals surface area contributed by atoms with E-state index >= 15 is 0 Å². The van der Waals surface area contributed by atoms with E-state index in [2.05, 4.69) is 18.3 Å². The number of hydrogen-bond donors (Lipinski definition) is 1. The van der Waals surface area contributed by atoms with Gasteiger partial charge in [-0.15, -0.1) is 11.3 Å². The Kier molecular flexibility index (Phi) is 5.68. The number of thiophene rings is 1. The van der Waals surface area contributed by atoms with Crippen molar-refractivity contribution in [3.8, 4) is 0 Å². The third-order valence-corrected chi connectivity index (χ3v) is 7.51. The third kappa shape index (κ3) is 4.77. The highest BCUT2D eigenvalue weighted by atomic mass is 32.1. The lowest BCUT2D eigenvalue weighted by Crippen LogP contribution is -2.36. The maximum atomic E-state index is 13.3. The molecule has 3 fully saturated rings. The number of Topliss-reactive ketones (excluding diaryl/α,β-unsaturated/α-hetero) is 1. The molecule has 2 heterocycles. The summed E-state index contributed by atoms with van der Waals surface area (Å²) in [6.45, 7) is 3.79. The molecule has 1 aromatic heterocycles. The molecule has 1 aromatic rings. The highest BCUT2D eigenvalue weighted by Crippen LogP contribution is 2.45. The van der Waals surface area contributed by atoms with Crippen LogP contribution in [0.25, 0.3) is 0 Å². The summed E-state index contributed by atoms with van der Waals surface area (Å²) in [6, 6.07) is 3.15. The van der Waals surface area contributed by atoms with Gasteiger partial charge in [-0.2, -0.15) is 0 Å². The van der Waals surface area contributed by atoms with Crippen molar-refractivity contribution in [3.63, 3.8) is 0 Å². The number of halogens is 2. The van der Waals surface area contributed by atoms with Crippen LogP contribution in [-0.4, -0.2) is 37.0 Å². The summed E-state index contributed by atoms with van der Waals surface area (Å²) in [6.07, 6.45) is 4.52. The van der Waals surface area contributed by atoms with Crippen molar-refractivity contribution in [2.75, 3.05) is 13.2 Å². The molecule has 2 aliphatic carbocycles. The standard InChI is InChI=1S/C21H29F2NO2S/c1-13-16(17-11-18(17)24-15-4-8-26-9-5-15)12-20(27-13)19(25)10-14-2-6-21(22,23)7-3-14/h12,14-15,17-18,24H,2-11H2,1H3. The number of hydrogen-bond acceptors (Lipinski definition) is 4.